The molecule has 1 unspecified atom stereocenters. The Morgan fingerprint density at radius 3 is 2.44 bits per heavy atom. The van der Waals surface area contributed by atoms with Crippen LogP contribution in [-0.4, -0.2) is 33.5 Å². The number of hydrogen-bond donors (Lipinski definition) is 3. The average molecular weight is 335 g/mol. The smallest absolute Gasteiger partial charge is 0.328 e. The molecule has 0 saturated heterocycles. The number of hydrogen-bond acceptors (Lipinski definition) is 4. The Bertz CT molecular complexity index is 932. The molecule has 0 aliphatic carbocycles. The van der Waals surface area contributed by atoms with E-state index in [9.17, 15) is 20.1 Å². The fourth-order valence-electron chi connectivity index (χ4n) is 2.64. The van der Waals surface area contributed by atoms with Crippen LogP contribution in [0.15, 0.2) is 65.7 Å². The van der Waals surface area contributed by atoms with Gasteiger partial charge in [-0.1, -0.05) is 42.5 Å². The third kappa shape index (κ3) is 3.77. The second-order valence-electron chi connectivity index (χ2n) is 5.72. The number of aliphatic imine (C=N–C) groups is 1. The summed E-state index contributed by atoms with van der Waals surface area (Å²) in [7, 11) is 0. The topological polar surface area (TPSA) is 90.1 Å². The highest BCUT2D eigenvalue weighted by molar-refractivity contribution is 6.02. The summed E-state index contributed by atoms with van der Waals surface area (Å²) < 4.78 is 0. The van der Waals surface area contributed by atoms with Crippen molar-refractivity contribution in [3.63, 3.8) is 0 Å². The van der Waals surface area contributed by atoms with E-state index in [0.29, 0.717) is 5.56 Å². The second kappa shape index (κ2) is 7.05. The predicted octanol–water partition coefficient (Wildman–Crippen LogP) is 3.37. The Morgan fingerprint density at radius 2 is 1.72 bits per heavy atom. The summed E-state index contributed by atoms with van der Waals surface area (Å²) in [6.45, 7) is 0. The van der Waals surface area contributed by atoms with Crippen LogP contribution in [0.1, 0.15) is 11.1 Å². The number of benzene rings is 3. The van der Waals surface area contributed by atoms with E-state index in [2.05, 4.69) is 4.99 Å². The molecule has 0 heterocycles. The van der Waals surface area contributed by atoms with Gasteiger partial charge in [-0.2, -0.15) is 0 Å². The van der Waals surface area contributed by atoms with Gasteiger partial charge in [-0.25, -0.2) is 4.79 Å². The summed E-state index contributed by atoms with van der Waals surface area (Å²) in [6, 6.07) is 16.2. The highest BCUT2D eigenvalue weighted by atomic mass is 16.4. The van der Waals surface area contributed by atoms with Gasteiger partial charge in [-0.15, -0.1) is 0 Å². The molecule has 1 atom stereocenters. The molecule has 0 aliphatic heterocycles. The maximum Gasteiger partial charge on any atom is 0.328 e. The zero-order chi connectivity index (χ0) is 17.8. The molecule has 3 aromatic carbocycles. The van der Waals surface area contributed by atoms with E-state index in [-0.39, 0.29) is 17.9 Å². The predicted molar refractivity (Wildman–Crippen MR) is 96.4 cm³/mol. The van der Waals surface area contributed by atoms with Crippen LogP contribution in [0.3, 0.4) is 0 Å². The van der Waals surface area contributed by atoms with Gasteiger partial charge in [0.15, 0.2) is 6.04 Å². The SMILES string of the molecule is O=C(O)C(Cc1ccc(O)cc1)N=Cc1c(O)ccc2ccccc12. The lowest BCUT2D eigenvalue weighted by molar-refractivity contribution is -0.138. The molecule has 0 spiro atoms. The lowest BCUT2D eigenvalue weighted by Gasteiger charge is -2.09. The molecule has 3 rings (SSSR count). The number of phenols is 2. The van der Waals surface area contributed by atoms with Crippen molar-refractivity contribution in [2.75, 3.05) is 0 Å². The summed E-state index contributed by atoms with van der Waals surface area (Å²) in [5, 5.41) is 30.6. The third-order valence-electron chi connectivity index (χ3n) is 3.98. The number of phenolic OH excluding ortho intramolecular Hbond substituents is 2. The van der Waals surface area contributed by atoms with Crippen molar-refractivity contribution >= 4 is 23.0 Å². The number of carbonyl (C=O) groups is 1. The number of carboxylic acids is 1. The van der Waals surface area contributed by atoms with Gasteiger partial charge < -0.3 is 15.3 Å². The average Bonchev–Trinajstić information content (AvgIpc) is 2.61. The van der Waals surface area contributed by atoms with E-state index < -0.39 is 12.0 Å². The first kappa shape index (κ1) is 16.5. The van der Waals surface area contributed by atoms with Gasteiger partial charge in [0, 0.05) is 18.2 Å². The van der Waals surface area contributed by atoms with Crippen LogP contribution in [-0.2, 0) is 11.2 Å². The van der Waals surface area contributed by atoms with E-state index in [1.54, 1.807) is 24.3 Å². The molecule has 0 radical (unpaired) electrons. The Morgan fingerprint density at radius 1 is 1.00 bits per heavy atom. The number of carboxylic acid groups (broad SMARTS) is 1. The summed E-state index contributed by atoms with van der Waals surface area (Å²) in [5.74, 6) is -0.875. The van der Waals surface area contributed by atoms with Gasteiger partial charge in [0.25, 0.3) is 0 Å². The zero-order valence-corrected chi connectivity index (χ0v) is 13.3. The van der Waals surface area contributed by atoms with E-state index in [1.165, 1.54) is 18.3 Å². The van der Waals surface area contributed by atoms with Crippen molar-refractivity contribution in [2.45, 2.75) is 12.5 Å². The van der Waals surface area contributed by atoms with Crippen LogP contribution in [0.25, 0.3) is 10.8 Å². The molecule has 25 heavy (non-hydrogen) atoms. The first-order chi connectivity index (χ1) is 12.0. The fraction of sp³-hybridized carbons (Fsp3) is 0.100. The minimum Gasteiger partial charge on any atom is -0.508 e. The minimum absolute atomic E-state index is 0.0521. The number of aliphatic carboxylic acids is 1. The first-order valence-electron chi connectivity index (χ1n) is 7.79. The summed E-state index contributed by atoms with van der Waals surface area (Å²) >= 11 is 0. The number of aromatic hydroxyl groups is 2. The quantitative estimate of drug-likeness (QED) is 0.624. The molecule has 3 aromatic rings. The monoisotopic (exact) mass is 335 g/mol. The van der Waals surface area contributed by atoms with Gasteiger partial charge in [0.2, 0.25) is 0 Å². The van der Waals surface area contributed by atoms with Crippen molar-refractivity contribution in [3.8, 4) is 11.5 Å². The molecular weight excluding hydrogens is 318 g/mol. The molecule has 126 valence electrons. The Kier molecular flexibility index (Phi) is 4.66. The van der Waals surface area contributed by atoms with Gasteiger partial charge in [0.05, 0.1) is 0 Å². The fourth-order valence-corrected chi connectivity index (χ4v) is 2.64. The molecule has 0 amide bonds. The number of fused-ring (bicyclic) bond motifs is 1. The van der Waals surface area contributed by atoms with Crippen molar-refractivity contribution in [3.05, 3.63) is 71.8 Å². The Balaban J connectivity index is 1.91. The van der Waals surface area contributed by atoms with Crippen LogP contribution < -0.4 is 0 Å². The molecule has 0 saturated carbocycles. The van der Waals surface area contributed by atoms with Crippen molar-refractivity contribution in [2.24, 2.45) is 4.99 Å². The van der Waals surface area contributed by atoms with Crippen LogP contribution in [0.4, 0.5) is 0 Å². The third-order valence-corrected chi connectivity index (χ3v) is 3.98. The maximum atomic E-state index is 11.5. The van der Waals surface area contributed by atoms with Crippen molar-refractivity contribution in [1.29, 1.82) is 0 Å². The normalized spacial score (nSPS) is 12.5. The zero-order valence-electron chi connectivity index (χ0n) is 13.3. The van der Waals surface area contributed by atoms with Crippen LogP contribution in [0, 0.1) is 0 Å². The molecule has 5 heteroatoms. The Hall–Kier alpha value is -3.34. The summed E-state index contributed by atoms with van der Waals surface area (Å²) in [6.07, 6.45) is 1.61. The van der Waals surface area contributed by atoms with Gasteiger partial charge in [0.1, 0.15) is 11.5 Å². The van der Waals surface area contributed by atoms with Crippen LogP contribution in [0.5, 0.6) is 11.5 Å². The lowest BCUT2D eigenvalue weighted by Crippen LogP contribution is -2.21. The van der Waals surface area contributed by atoms with Crippen molar-refractivity contribution < 1.29 is 20.1 Å². The Labute approximate surface area is 144 Å². The molecule has 5 nitrogen and oxygen atoms in total. The molecule has 0 fully saturated rings. The van der Waals surface area contributed by atoms with Crippen LogP contribution >= 0.6 is 0 Å². The first-order valence-corrected chi connectivity index (χ1v) is 7.79. The van der Waals surface area contributed by atoms with Gasteiger partial charge in [-0.3, -0.25) is 4.99 Å². The lowest BCUT2D eigenvalue weighted by atomic mass is 10.0. The van der Waals surface area contributed by atoms with E-state index >= 15 is 0 Å². The molecule has 0 aromatic heterocycles. The highest BCUT2D eigenvalue weighted by Crippen LogP contribution is 2.25. The summed E-state index contributed by atoms with van der Waals surface area (Å²) in [4.78, 5) is 15.7. The number of rotatable bonds is 5. The second-order valence-corrected chi connectivity index (χ2v) is 5.72. The number of nitrogens with zero attached hydrogens (tertiary/aromatic N) is 1. The van der Waals surface area contributed by atoms with Gasteiger partial charge >= 0.3 is 5.97 Å². The molecule has 3 N–H and O–H groups in total. The highest BCUT2D eigenvalue weighted by Gasteiger charge is 2.16. The molecule has 0 aliphatic rings. The summed E-state index contributed by atoms with van der Waals surface area (Å²) in [5.41, 5.74) is 1.25. The van der Waals surface area contributed by atoms with Crippen molar-refractivity contribution in [1.82, 2.24) is 0 Å². The molecule has 0 bridgehead atoms. The van der Waals surface area contributed by atoms with Crippen LogP contribution in [0.2, 0.25) is 0 Å². The van der Waals surface area contributed by atoms with E-state index in [4.69, 9.17) is 0 Å². The molecular formula is C20H17NO4. The largest absolute Gasteiger partial charge is 0.508 e. The maximum absolute atomic E-state index is 11.5. The van der Waals surface area contributed by atoms with E-state index in [1.807, 2.05) is 24.3 Å². The van der Waals surface area contributed by atoms with Gasteiger partial charge in [-0.05, 0) is 34.5 Å². The minimum atomic E-state index is -1.05. The van der Waals surface area contributed by atoms with E-state index in [0.717, 1.165) is 16.3 Å². The standard InChI is InChI=1S/C20H17NO4/c22-15-8-5-13(6-9-15)11-18(20(24)25)21-12-17-16-4-2-1-3-14(16)7-10-19(17)23/h1-10,12,18,22-23H,11H2,(H,24,25).